The molecule has 0 spiro atoms. The fourth-order valence-electron chi connectivity index (χ4n) is 2.68. The average molecular weight is 410 g/mol. The van der Waals surface area contributed by atoms with Crippen LogP contribution in [-0.4, -0.2) is 28.5 Å². The van der Waals surface area contributed by atoms with Crippen LogP contribution in [0, 0.1) is 18.2 Å². The number of benzene rings is 1. The minimum absolute atomic E-state index is 0.0370. The lowest BCUT2D eigenvalue weighted by Gasteiger charge is -2.18. The number of rotatable bonds is 5. The van der Waals surface area contributed by atoms with Crippen molar-refractivity contribution in [3.8, 4) is 11.3 Å². The van der Waals surface area contributed by atoms with Crippen molar-refractivity contribution in [2.75, 3.05) is 11.9 Å². The van der Waals surface area contributed by atoms with Crippen molar-refractivity contribution in [1.82, 2.24) is 15.5 Å². The highest BCUT2D eigenvalue weighted by molar-refractivity contribution is 6.04. The van der Waals surface area contributed by atoms with Gasteiger partial charge in [0.05, 0.1) is 11.3 Å². The van der Waals surface area contributed by atoms with Gasteiger partial charge in [0.1, 0.15) is 12.1 Å². The van der Waals surface area contributed by atoms with Crippen LogP contribution in [0.3, 0.4) is 0 Å². The normalized spacial score (nSPS) is 11.2. The molecular formula is C22H23FN4O3. The minimum atomic E-state index is -0.536. The maximum absolute atomic E-state index is 14.5. The molecule has 7 nitrogen and oxygen atoms in total. The van der Waals surface area contributed by atoms with Crippen LogP contribution in [0.2, 0.25) is 0 Å². The number of hydrogen-bond donors (Lipinski definition) is 2. The number of hydrogen-bond acceptors (Lipinski definition) is 5. The van der Waals surface area contributed by atoms with Gasteiger partial charge in [-0.15, -0.1) is 0 Å². The summed E-state index contributed by atoms with van der Waals surface area (Å²) in [5.74, 6) is -1.06. The molecule has 0 atom stereocenters. The van der Waals surface area contributed by atoms with Crippen LogP contribution in [0.4, 0.5) is 10.2 Å². The smallest absolute Gasteiger partial charge is 0.257 e. The fourth-order valence-corrected chi connectivity index (χ4v) is 2.68. The molecule has 30 heavy (non-hydrogen) atoms. The van der Waals surface area contributed by atoms with Crippen LogP contribution in [0.1, 0.15) is 47.1 Å². The minimum Gasteiger partial charge on any atom is -0.363 e. The maximum atomic E-state index is 14.5. The Kier molecular flexibility index (Phi) is 5.96. The topological polar surface area (TPSA) is 97.1 Å². The number of anilines is 1. The van der Waals surface area contributed by atoms with Gasteiger partial charge in [0.2, 0.25) is 0 Å². The fraction of sp³-hybridized carbons (Fsp3) is 0.273. The molecule has 0 saturated heterocycles. The van der Waals surface area contributed by atoms with E-state index >= 15 is 0 Å². The standard InChI is InChI=1S/C22H23FN4O3/c1-13-16(9-15(10-17(13)23)21(29)26-19-7-8-30-27-19)18-6-5-14(11-24-18)20(28)25-12-22(2,3)4/h5-11H,12H2,1-4H3,(H,25,28)(H,26,27,29). The van der Waals surface area contributed by atoms with E-state index in [9.17, 15) is 14.0 Å². The number of pyridine rings is 1. The SMILES string of the molecule is Cc1c(F)cc(C(=O)Nc2ccon2)cc1-c1ccc(C(=O)NCC(C)(C)C)cn1. The highest BCUT2D eigenvalue weighted by Gasteiger charge is 2.17. The number of carbonyl (C=O) groups is 2. The number of carbonyl (C=O) groups excluding carboxylic acids is 2. The van der Waals surface area contributed by atoms with Crippen molar-refractivity contribution in [1.29, 1.82) is 0 Å². The first-order valence-electron chi connectivity index (χ1n) is 9.40. The molecule has 0 bridgehead atoms. The summed E-state index contributed by atoms with van der Waals surface area (Å²) in [5, 5.41) is 9.00. The maximum Gasteiger partial charge on any atom is 0.257 e. The summed E-state index contributed by atoms with van der Waals surface area (Å²) >= 11 is 0. The van der Waals surface area contributed by atoms with Crippen LogP contribution < -0.4 is 10.6 Å². The van der Waals surface area contributed by atoms with E-state index in [2.05, 4.69) is 25.3 Å². The Morgan fingerprint density at radius 1 is 1.10 bits per heavy atom. The molecule has 3 aromatic rings. The van der Waals surface area contributed by atoms with Gasteiger partial charge in [-0.25, -0.2) is 4.39 Å². The monoisotopic (exact) mass is 410 g/mol. The lowest BCUT2D eigenvalue weighted by Crippen LogP contribution is -2.32. The molecule has 0 aliphatic carbocycles. The molecular weight excluding hydrogens is 387 g/mol. The number of amides is 2. The van der Waals surface area contributed by atoms with E-state index in [-0.39, 0.29) is 22.7 Å². The van der Waals surface area contributed by atoms with Crippen molar-refractivity contribution >= 4 is 17.6 Å². The van der Waals surface area contributed by atoms with Gasteiger partial charge in [-0.05, 0) is 42.2 Å². The van der Waals surface area contributed by atoms with E-state index in [0.717, 1.165) is 6.07 Å². The van der Waals surface area contributed by atoms with Gasteiger partial charge in [0, 0.05) is 29.9 Å². The van der Waals surface area contributed by atoms with Crippen LogP contribution in [0.15, 0.2) is 47.3 Å². The van der Waals surface area contributed by atoms with Crippen molar-refractivity contribution in [3.05, 3.63) is 65.3 Å². The summed E-state index contributed by atoms with van der Waals surface area (Å²) < 4.78 is 19.2. The average Bonchev–Trinajstić information content (AvgIpc) is 3.20. The molecule has 3 rings (SSSR count). The lowest BCUT2D eigenvalue weighted by molar-refractivity contribution is 0.0938. The van der Waals surface area contributed by atoms with Crippen LogP contribution in [-0.2, 0) is 0 Å². The highest BCUT2D eigenvalue weighted by Crippen LogP contribution is 2.26. The number of nitrogens with one attached hydrogen (secondary N) is 2. The van der Waals surface area contributed by atoms with E-state index in [0.29, 0.717) is 28.9 Å². The van der Waals surface area contributed by atoms with Gasteiger partial charge in [0.15, 0.2) is 5.82 Å². The Morgan fingerprint density at radius 3 is 2.47 bits per heavy atom. The van der Waals surface area contributed by atoms with Crippen molar-refractivity contribution < 1.29 is 18.5 Å². The predicted molar refractivity (Wildman–Crippen MR) is 111 cm³/mol. The first-order valence-corrected chi connectivity index (χ1v) is 9.40. The zero-order chi connectivity index (χ0) is 21.9. The van der Waals surface area contributed by atoms with Gasteiger partial charge in [-0.3, -0.25) is 14.6 Å². The zero-order valence-electron chi connectivity index (χ0n) is 17.2. The van der Waals surface area contributed by atoms with E-state index < -0.39 is 11.7 Å². The molecule has 2 aromatic heterocycles. The molecule has 0 aliphatic heterocycles. The summed E-state index contributed by atoms with van der Waals surface area (Å²) in [4.78, 5) is 29.0. The first kappa shape index (κ1) is 21.2. The Hall–Kier alpha value is -3.55. The van der Waals surface area contributed by atoms with Crippen molar-refractivity contribution in [3.63, 3.8) is 0 Å². The number of nitrogens with zero attached hydrogens (tertiary/aromatic N) is 2. The Bertz CT molecular complexity index is 1060. The van der Waals surface area contributed by atoms with Gasteiger partial charge >= 0.3 is 0 Å². The molecule has 0 aliphatic rings. The summed E-state index contributed by atoms with van der Waals surface area (Å²) in [6.07, 6.45) is 2.76. The van der Waals surface area contributed by atoms with Crippen LogP contribution in [0.25, 0.3) is 11.3 Å². The van der Waals surface area contributed by atoms with Gasteiger partial charge < -0.3 is 15.2 Å². The third-order valence-electron chi connectivity index (χ3n) is 4.37. The quantitative estimate of drug-likeness (QED) is 0.657. The zero-order valence-corrected chi connectivity index (χ0v) is 17.2. The van der Waals surface area contributed by atoms with E-state index in [4.69, 9.17) is 0 Å². The molecule has 2 heterocycles. The largest absolute Gasteiger partial charge is 0.363 e. The third kappa shape index (κ3) is 5.08. The third-order valence-corrected chi connectivity index (χ3v) is 4.37. The Labute approximate surface area is 173 Å². The molecule has 0 unspecified atom stereocenters. The van der Waals surface area contributed by atoms with E-state index in [1.54, 1.807) is 25.1 Å². The molecule has 0 fully saturated rings. The number of halogens is 1. The second-order valence-electron chi connectivity index (χ2n) is 8.14. The molecule has 8 heteroatoms. The lowest BCUT2D eigenvalue weighted by atomic mass is 9.97. The molecule has 2 N–H and O–H groups in total. The van der Waals surface area contributed by atoms with Gasteiger partial charge in [-0.2, -0.15) is 0 Å². The summed E-state index contributed by atoms with van der Waals surface area (Å²) in [7, 11) is 0. The first-order chi connectivity index (χ1) is 14.1. The number of aromatic nitrogens is 2. The van der Waals surface area contributed by atoms with Gasteiger partial charge in [0.25, 0.3) is 11.8 Å². The highest BCUT2D eigenvalue weighted by atomic mass is 19.1. The van der Waals surface area contributed by atoms with Crippen molar-refractivity contribution in [2.24, 2.45) is 5.41 Å². The summed E-state index contributed by atoms with van der Waals surface area (Å²) in [6, 6.07) is 7.44. The van der Waals surface area contributed by atoms with Crippen LogP contribution in [0.5, 0.6) is 0 Å². The van der Waals surface area contributed by atoms with Crippen molar-refractivity contribution in [2.45, 2.75) is 27.7 Å². The molecule has 0 saturated carbocycles. The predicted octanol–water partition coefficient (Wildman–Crippen LogP) is 4.21. The molecule has 1 aromatic carbocycles. The summed E-state index contributed by atoms with van der Waals surface area (Å²) in [5.41, 5.74) is 1.75. The Morgan fingerprint density at radius 2 is 1.87 bits per heavy atom. The molecule has 2 amide bonds. The summed E-state index contributed by atoms with van der Waals surface area (Å²) in [6.45, 7) is 8.21. The molecule has 156 valence electrons. The van der Waals surface area contributed by atoms with E-state index in [1.807, 2.05) is 20.8 Å². The van der Waals surface area contributed by atoms with Gasteiger partial charge in [-0.1, -0.05) is 25.9 Å². The van der Waals surface area contributed by atoms with Crippen LogP contribution >= 0.6 is 0 Å². The second kappa shape index (κ2) is 8.44. The second-order valence-corrected chi connectivity index (χ2v) is 8.14. The Balaban J connectivity index is 1.83. The van der Waals surface area contributed by atoms with E-state index in [1.165, 1.54) is 18.5 Å². The molecule has 0 radical (unpaired) electrons.